The van der Waals surface area contributed by atoms with E-state index in [2.05, 4.69) is 0 Å². The second-order valence-electron chi connectivity index (χ2n) is 4.14. The molecule has 0 radical (unpaired) electrons. The van der Waals surface area contributed by atoms with Gasteiger partial charge in [0.2, 0.25) is 0 Å². The summed E-state index contributed by atoms with van der Waals surface area (Å²) in [5.74, 6) is -1.19. The third kappa shape index (κ3) is 3.16. The Labute approximate surface area is 120 Å². The molecule has 1 aromatic carbocycles. The normalized spacial score (nSPS) is 10.2. The van der Waals surface area contributed by atoms with Crippen molar-refractivity contribution in [3.05, 3.63) is 46.7 Å². The molecule has 0 aliphatic carbocycles. The van der Waals surface area contributed by atoms with Gasteiger partial charge < -0.3 is 15.7 Å². The monoisotopic (exact) mass is 290 g/mol. The Morgan fingerprint density at radius 3 is 2.55 bits per heavy atom. The molecule has 1 heterocycles. The van der Waals surface area contributed by atoms with Crippen molar-refractivity contribution in [1.29, 1.82) is 0 Å². The summed E-state index contributed by atoms with van der Waals surface area (Å²) in [6.45, 7) is 0.0836. The van der Waals surface area contributed by atoms with Crippen LogP contribution in [-0.4, -0.2) is 23.5 Å². The summed E-state index contributed by atoms with van der Waals surface area (Å²) in [5, 5.41) is 10.6. The van der Waals surface area contributed by atoms with E-state index in [1.807, 2.05) is 0 Å². The van der Waals surface area contributed by atoms with E-state index < -0.39 is 5.97 Å². The fourth-order valence-electron chi connectivity index (χ4n) is 1.81. The Kier molecular flexibility index (Phi) is 4.37. The molecule has 20 heavy (non-hydrogen) atoms. The number of aliphatic carboxylic acids is 1. The highest BCUT2D eigenvalue weighted by Crippen LogP contribution is 2.25. The molecule has 0 bridgehead atoms. The molecule has 5 nitrogen and oxygen atoms in total. The SMILES string of the molecule is Nc1ccccc1N(CCC(=O)O)C(=O)c1cccs1. The van der Waals surface area contributed by atoms with E-state index in [-0.39, 0.29) is 18.9 Å². The fraction of sp³-hybridized carbons (Fsp3) is 0.143. The fourth-order valence-corrected chi connectivity index (χ4v) is 2.48. The van der Waals surface area contributed by atoms with E-state index in [9.17, 15) is 9.59 Å². The Hall–Kier alpha value is -2.34. The first-order valence-electron chi connectivity index (χ1n) is 6.01. The molecule has 3 N–H and O–H groups in total. The Balaban J connectivity index is 2.32. The van der Waals surface area contributed by atoms with Gasteiger partial charge in [0.05, 0.1) is 22.7 Å². The molecule has 2 rings (SSSR count). The van der Waals surface area contributed by atoms with Gasteiger partial charge in [0.25, 0.3) is 5.91 Å². The summed E-state index contributed by atoms with van der Waals surface area (Å²) < 4.78 is 0. The van der Waals surface area contributed by atoms with Crippen LogP contribution in [0.3, 0.4) is 0 Å². The highest BCUT2D eigenvalue weighted by Gasteiger charge is 2.20. The van der Waals surface area contributed by atoms with E-state index in [1.165, 1.54) is 16.2 Å². The zero-order valence-corrected chi connectivity index (χ0v) is 11.5. The van der Waals surface area contributed by atoms with Gasteiger partial charge in [-0.25, -0.2) is 0 Å². The van der Waals surface area contributed by atoms with E-state index >= 15 is 0 Å². The predicted molar refractivity (Wildman–Crippen MR) is 79.1 cm³/mol. The minimum atomic E-state index is -0.955. The molecule has 2 aromatic rings. The average Bonchev–Trinajstić information content (AvgIpc) is 2.94. The second-order valence-corrected chi connectivity index (χ2v) is 5.08. The van der Waals surface area contributed by atoms with Crippen LogP contribution in [0.15, 0.2) is 41.8 Å². The zero-order valence-electron chi connectivity index (χ0n) is 10.7. The third-order valence-corrected chi connectivity index (χ3v) is 3.61. The highest BCUT2D eigenvalue weighted by atomic mass is 32.1. The molecule has 0 aliphatic heterocycles. The number of nitrogen functional groups attached to an aromatic ring is 1. The van der Waals surface area contributed by atoms with Gasteiger partial charge in [0.1, 0.15) is 0 Å². The molecule has 0 saturated heterocycles. The zero-order chi connectivity index (χ0) is 14.5. The first-order chi connectivity index (χ1) is 9.59. The van der Waals surface area contributed by atoms with Crippen molar-refractivity contribution in [1.82, 2.24) is 0 Å². The lowest BCUT2D eigenvalue weighted by atomic mass is 10.2. The van der Waals surface area contributed by atoms with Crippen LogP contribution in [0.2, 0.25) is 0 Å². The predicted octanol–water partition coefficient (Wildman–Crippen LogP) is 2.45. The summed E-state index contributed by atoms with van der Waals surface area (Å²) in [6.07, 6.45) is -0.133. The van der Waals surface area contributed by atoms with Crippen molar-refractivity contribution in [2.75, 3.05) is 17.2 Å². The van der Waals surface area contributed by atoms with Crippen molar-refractivity contribution in [2.24, 2.45) is 0 Å². The summed E-state index contributed by atoms with van der Waals surface area (Å²) in [7, 11) is 0. The number of carbonyl (C=O) groups excluding carboxylic acids is 1. The molecule has 0 aliphatic rings. The number of hydrogen-bond acceptors (Lipinski definition) is 4. The number of amides is 1. The molecule has 1 amide bonds. The van der Waals surface area contributed by atoms with Gasteiger partial charge in [-0.1, -0.05) is 18.2 Å². The maximum absolute atomic E-state index is 12.5. The maximum Gasteiger partial charge on any atom is 0.305 e. The number of benzene rings is 1. The van der Waals surface area contributed by atoms with Crippen LogP contribution in [-0.2, 0) is 4.79 Å². The number of nitrogens with two attached hydrogens (primary N) is 1. The summed E-state index contributed by atoms with van der Waals surface area (Å²) in [4.78, 5) is 25.2. The van der Waals surface area contributed by atoms with E-state index in [1.54, 1.807) is 41.8 Å². The first kappa shape index (κ1) is 14.1. The minimum absolute atomic E-state index is 0.0836. The van der Waals surface area contributed by atoms with Crippen LogP contribution in [0.5, 0.6) is 0 Å². The molecular formula is C14H14N2O3S. The topological polar surface area (TPSA) is 83.6 Å². The van der Waals surface area contributed by atoms with Crippen LogP contribution >= 0.6 is 11.3 Å². The maximum atomic E-state index is 12.5. The van der Waals surface area contributed by atoms with Gasteiger partial charge in [-0.3, -0.25) is 9.59 Å². The number of nitrogens with zero attached hydrogens (tertiary/aromatic N) is 1. The van der Waals surface area contributed by atoms with Crippen LogP contribution in [0.4, 0.5) is 11.4 Å². The number of carbonyl (C=O) groups is 2. The molecule has 0 fully saturated rings. The highest BCUT2D eigenvalue weighted by molar-refractivity contribution is 7.12. The molecule has 6 heteroatoms. The van der Waals surface area contributed by atoms with Gasteiger partial charge in [-0.05, 0) is 23.6 Å². The number of anilines is 2. The van der Waals surface area contributed by atoms with Crippen molar-refractivity contribution in [3.8, 4) is 0 Å². The largest absolute Gasteiger partial charge is 0.481 e. The Morgan fingerprint density at radius 1 is 1.20 bits per heavy atom. The standard InChI is InChI=1S/C14H14N2O3S/c15-10-4-1-2-5-11(10)16(8-7-13(17)18)14(19)12-6-3-9-20-12/h1-6,9H,7-8,15H2,(H,17,18). The second kappa shape index (κ2) is 6.21. The van der Waals surface area contributed by atoms with Crippen LogP contribution < -0.4 is 10.6 Å². The molecule has 104 valence electrons. The number of carboxylic acids is 1. The van der Waals surface area contributed by atoms with Gasteiger partial charge >= 0.3 is 5.97 Å². The number of rotatable bonds is 5. The van der Waals surface area contributed by atoms with Crippen molar-refractivity contribution in [2.45, 2.75) is 6.42 Å². The minimum Gasteiger partial charge on any atom is -0.481 e. The van der Waals surface area contributed by atoms with Crippen LogP contribution in [0.25, 0.3) is 0 Å². The summed E-state index contributed by atoms with van der Waals surface area (Å²) in [6, 6.07) is 10.4. The van der Waals surface area contributed by atoms with Crippen molar-refractivity contribution in [3.63, 3.8) is 0 Å². The average molecular weight is 290 g/mol. The van der Waals surface area contributed by atoms with Crippen molar-refractivity contribution >= 4 is 34.6 Å². The van der Waals surface area contributed by atoms with E-state index in [0.29, 0.717) is 16.3 Å². The number of para-hydroxylation sites is 2. The van der Waals surface area contributed by atoms with E-state index in [0.717, 1.165) is 0 Å². The number of thiophene rings is 1. The lowest BCUT2D eigenvalue weighted by molar-refractivity contribution is -0.136. The molecule has 0 unspecified atom stereocenters. The molecule has 0 spiro atoms. The van der Waals surface area contributed by atoms with Gasteiger partial charge in [-0.2, -0.15) is 0 Å². The van der Waals surface area contributed by atoms with Gasteiger partial charge in [0, 0.05) is 6.54 Å². The number of carboxylic acid groups (broad SMARTS) is 1. The molecule has 0 atom stereocenters. The van der Waals surface area contributed by atoms with Gasteiger partial charge in [-0.15, -0.1) is 11.3 Å². The van der Waals surface area contributed by atoms with Crippen LogP contribution in [0.1, 0.15) is 16.1 Å². The van der Waals surface area contributed by atoms with Gasteiger partial charge in [0.15, 0.2) is 0 Å². The van der Waals surface area contributed by atoms with Crippen molar-refractivity contribution < 1.29 is 14.7 Å². The van der Waals surface area contributed by atoms with Crippen LogP contribution in [0, 0.1) is 0 Å². The van der Waals surface area contributed by atoms with E-state index in [4.69, 9.17) is 10.8 Å². The molecular weight excluding hydrogens is 276 g/mol. The number of hydrogen-bond donors (Lipinski definition) is 2. The Bertz CT molecular complexity index is 611. The Morgan fingerprint density at radius 2 is 1.95 bits per heavy atom. The lowest BCUT2D eigenvalue weighted by Gasteiger charge is -2.23. The first-order valence-corrected chi connectivity index (χ1v) is 6.89. The smallest absolute Gasteiger partial charge is 0.305 e. The quantitative estimate of drug-likeness (QED) is 0.828. The third-order valence-electron chi connectivity index (χ3n) is 2.75. The molecule has 1 aromatic heterocycles. The summed E-state index contributed by atoms with van der Waals surface area (Å²) >= 11 is 1.31. The molecule has 0 saturated carbocycles. The lowest BCUT2D eigenvalue weighted by Crippen LogP contribution is -2.33. The summed E-state index contributed by atoms with van der Waals surface area (Å²) in [5.41, 5.74) is 6.86.